The quantitative estimate of drug-likeness (QED) is 0.927. The molecule has 0 amide bonds. The summed E-state index contributed by atoms with van der Waals surface area (Å²) >= 11 is 6.32. The first-order valence-electron chi connectivity index (χ1n) is 5.99. The fourth-order valence-electron chi connectivity index (χ4n) is 2.17. The van der Waals surface area contributed by atoms with Crippen molar-refractivity contribution in [1.29, 1.82) is 0 Å². The second kappa shape index (κ2) is 5.08. The average molecular weight is 265 g/mol. The highest BCUT2D eigenvalue weighted by atomic mass is 35.5. The van der Waals surface area contributed by atoms with Gasteiger partial charge in [0.15, 0.2) is 5.82 Å². The molecule has 4 nitrogen and oxygen atoms in total. The number of hydrogen-bond acceptors (Lipinski definition) is 3. The van der Waals surface area contributed by atoms with Gasteiger partial charge in [-0.05, 0) is 37.5 Å². The molecule has 0 unspecified atom stereocenters. The maximum absolute atomic E-state index is 6.32. The molecular weight excluding hydrogens is 248 g/mol. The molecule has 2 aromatic heterocycles. The van der Waals surface area contributed by atoms with E-state index in [1.54, 1.807) is 10.9 Å². The highest BCUT2D eigenvalue weighted by Gasteiger charge is 2.15. The zero-order valence-electron chi connectivity index (χ0n) is 10.9. The molecule has 0 aliphatic rings. The van der Waals surface area contributed by atoms with Gasteiger partial charge in [0.05, 0.1) is 10.7 Å². The summed E-state index contributed by atoms with van der Waals surface area (Å²) in [6.07, 6.45) is 2.66. The summed E-state index contributed by atoms with van der Waals surface area (Å²) in [6, 6.07) is 1.83. The average Bonchev–Trinajstić information content (AvgIpc) is 2.64. The van der Waals surface area contributed by atoms with Gasteiger partial charge in [-0.3, -0.25) is 0 Å². The van der Waals surface area contributed by atoms with Crippen molar-refractivity contribution in [3.8, 4) is 5.82 Å². The van der Waals surface area contributed by atoms with Gasteiger partial charge in [-0.15, -0.1) is 0 Å². The van der Waals surface area contributed by atoms with Crippen LogP contribution in [0.25, 0.3) is 5.82 Å². The third-order valence-electron chi connectivity index (χ3n) is 3.17. The fraction of sp³-hybridized carbons (Fsp3) is 0.385. The topological polar surface area (TPSA) is 56.7 Å². The van der Waals surface area contributed by atoms with Crippen molar-refractivity contribution in [3.05, 3.63) is 39.8 Å². The number of nitrogens with zero attached hydrogens (tertiary/aromatic N) is 3. The first-order valence-corrected chi connectivity index (χ1v) is 6.36. The minimum Gasteiger partial charge on any atom is -0.326 e. The van der Waals surface area contributed by atoms with Gasteiger partial charge in [-0.1, -0.05) is 18.5 Å². The first-order chi connectivity index (χ1) is 8.60. The lowest BCUT2D eigenvalue weighted by molar-refractivity contribution is 0.801. The highest BCUT2D eigenvalue weighted by Crippen LogP contribution is 2.25. The molecule has 0 aliphatic carbocycles. The molecule has 2 N–H and O–H groups in total. The minimum absolute atomic E-state index is 0.397. The molecule has 5 heteroatoms. The van der Waals surface area contributed by atoms with E-state index in [2.05, 4.69) is 17.0 Å². The lowest BCUT2D eigenvalue weighted by Gasteiger charge is -2.08. The normalized spacial score (nSPS) is 10.9. The smallest absolute Gasteiger partial charge is 0.172 e. The number of halogens is 1. The summed E-state index contributed by atoms with van der Waals surface area (Å²) in [5, 5.41) is 5.09. The Morgan fingerprint density at radius 2 is 2.11 bits per heavy atom. The number of pyridine rings is 1. The van der Waals surface area contributed by atoms with Crippen molar-refractivity contribution in [2.75, 3.05) is 0 Å². The van der Waals surface area contributed by atoms with E-state index in [1.165, 1.54) is 5.56 Å². The van der Waals surface area contributed by atoms with Gasteiger partial charge in [0, 0.05) is 18.4 Å². The Bertz CT molecular complexity index is 575. The van der Waals surface area contributed by atoms with Crippen LogP contribution in [0.4, 0.5) is 0 Å². The third-order valence-corrected chi connectivity index (χ3v) is 3.58. The van der Waals surface area contributed by atoms with E-state index in [0.717, 1.165) is 23.4 Å². The van der Waals surface area contributed by atoms with Crippen LogP contribution >= 0.6 is 11.6 Å². The summed E-state index contributed by atoms with van der Waals surface area (Å²) in [5.41, 5.74) is 9.88. The third kappa shape index (κ3) is 2.02. The Morgan fingerprint density at radius 1 is 1.39 bits per heavy atom. The number of nitrogens with two attached hydrogens (primary N) is 1. The molecule has 0 saturated carbocycles. The maximum Gasteiger partial charge on any atom is 0.172 e. The number of aryl methyl sites for hydroxylation is 1. The molecule has 18 heavy (non-hydrogen) atoms. The van der Waals surface area contributed by atoms with Crippen molar-refractivity contribution < 1.29 is 0 Å². The van der Waals surface area contributed by atoms with Crippen LogP contribution < -0.4 is 5.73 Å². The standard InChI is InChI=1S/C13H17ClN4/c1-4-11-8(2)17-18(9(11)3)13-12(14)10(7-15)5-6-16-13/h5-6H,4,7,15H2,1-3H3. The molecule has 96 valence electrons. The second-order valence-electron chi connectivity index (χ2n) is 4.23. The Balaban J connectivity index is 2.62. The summed E-state index contributed by atoms with van der Waals surface area (Å²) in [5.74, 6) is 0.653. The molecule has 2 aromatic rings. The summed E-state index contributed by atoms with van der Waals surface area (Å²) < 4.78 is 1.80. The molecule has 0 aromatic carbocycles. The molecular formula is C13H17ClN4. The Hall–Kier alpha value is -1.39. The van der Waals surface area contributed by atoms with E-state index in [9.17, 15) is 0 Å². The maximum atomic E-state index is 6.32. The van der Waals surface area contributed by atoms with Gasteiger partial charge >= 0.3 is 0 Å². The lowest BCUT2D eigenvalue weighted by Crippen LogP contribution is -2.06. The number of hydrogen-bond donors (Lipinski definition) is 1. The zero-order chi connectivity index (χ0) is 13.3. The van der Waals surface area contributed by atoms with Crippen LogP contribution in [0.2, 0.25) is 5.02 Å². The van der Waals surface area contributed by atoms with E-state index >= 15 is 0 Å². The Morgan fingerprint density at radius 3 is 2.67 bits per heavy atom. The second-order valence-corrected chi connectivity index (χ2v) is 4.60. The van der Waals surface area contributed by atoms with Gasteiger partial charge < -0.3 is 5.73 Å². The van der Waals surface area contributed by atoms with Crippen LogP contribution in [-0.2, 0) is 13.0 Å². The minimum atomic E-state index is 0.397. The molecule has 2 rings (SSSR count). The van der Waals surface area contributed by atoms with Gasteiger partial charge in [-0.2, -0.15) is 5.10 Å². The van der Waals surface area contributed by atoms with E-state index in [0.29, 0.717) is 17.4 Å². The van der Waals surface area contributed by atoms with E-state index in [1.807, 2.05) is 19.9 Å². The van der Waals surface area contributed by atoms with Gasteiger partial charge in [0.25, 0.3) is 0 Å². The largest absolute Gasteiger partial charge is 0.326 e. The molecule has 0 fully saturated rings. The van der Waals surface area contributed by atoms with Crippen molar-refractivity contribution in [1.82, 2.24) is 14.8 Å². The van der Waals surface area contributed by atoms with Gasteiger partial charge in [0.1, 0.15) is 0 Å². The molecule has 0 spiro atoms. The van der Waals surface area contributed by atoms with Crippen LogP contribution in [0.5, 0.6) is 0 Å². The summed E-state index contributed by atoms with van der Waals surface area (Å²) in [6.45, 7) is 6.55. The lowest BCUT2D eigenvalue weighted by atomic mass is 10.1. The van der Waals surface area contributed by atoms with Crippen LogP contribution in [0.15, 0.2) is 12.3 Å². The molecule has 0 radical (unpaired) electrons. The summed E-state index contributed by atoms with van der Waals surface area (Å²) in [7, 11) is 0. The van der Waals surface area contributed by atoms with Crippen molar-refractivity contribution >= 4 is 11.6 Å². The molecule has 0 saturated heterocycles. The molecule has 0 aliphatic heterocycles. The number of aromatic nitrogens is 3. The SMILES string of the molecule is CCc1c(C)nn(-c2nccc(CN)c2Cl)c1C. The van der Waals surface area contributed by atoms with Crippen molar-refractivity contribution in [2.24, 2.45) is 5.73 Å². The molecule has 0 atom stereocenters. The van der Waals surface area contributed by atoms with Gasteiger partial charge in [-0.25, -0.2) is 9.67 Å². The van der Waals surface area contributed by atoms with Crippen LogP contribution in [0.1, 0.15) is 29.4 Å². The summed E-state index contributed by atoms with van der Waals surface area (Å²) in [4.78, 5) is 4.32. The van der Waals surface area contributed by atoms with Crippen LogP contribution in [0.3, 0.4) is 0 Å². The van der Waals surface area contributed by atoms with E-state index in [4.69, 9.17) is 17.3 Å². The van der Waals surface area contributed by atoms with Crippen molar-refractivity contribution in [3.63, 3.8) is 0 Å². The predicted octanol–water partition coefficient (Wildman–Crippen LogP) is 2.56. The monoisotopic (exact) mass is 264 g/mol. The van der Waals surface area contributed by atoms with Crippen LogP contribution in [0, 0.1) is 13.8 Å². The van der Waals surface area contributed by atoms with E-state index < -0.39 is 0 Å². The molecule has 0 bridgehead atoms. The first kappa shape index (κ1) is 13.1. The Labute approximate surface area is 112 Å². The zero-order valence-corrected chi connectivity index (χ0v) is 11.6. The van der Waals surface area contributed by atoms with Crippen LogP contribution in [-0.4, -0.2) is 14.8 Å². The predicted molar refractivity (Wildman–Crippen MR) is 73.1 cm³/mol. The van der Waals surface area contributed by atoms with Gasteiger partial charge in [0.2, 0.25) is 0 Å². The fourth-order valence-corrected chi connectivity index (χ4v) is 2.44. The highest BCUT2D eigenvalue weighted by molar-refractivity contribution is 6.32. The van der Waals surface area contributed by atoms with E-state index in [-0.39, 0.29) is 0 Å². The van der Waals surface area contributed by atoms with Crippen molar-refractivity contribution in [2.45, 2.75) is 33.7 Å². The number of rotatable bonds is 3. The molecule has 2 heterocycles. The Kier molecular flexibility index (Phi) is 3.68.